The highest BCUT2D eigenvalue weighted by Crippen LogP contribution is 2.40. The highest BCUT2D eigenvalue weighted by Gasteiger charge is 2.36. The average molecular weight is 583 g/mol. The minimum Gasteiger partial charge on any atom is -0.490 e. The molecule has 1 N–H and O–H groups in total. The van der Waals surface area contributed by atoms with E-state index in [9.17, 15) is 26.3 Å². The Morgan fingerprint density at radius 1 is 0.694 bits per heavy atom. The van der Waals surface area contributed by atoms with E-state index < -0.39 is 30.1 Å². The summed E-state index contributed by atoms with van der Waals surface area (Å²) < 4.78 is 88.4. The van der Waals surface area contributed by atoms with Crippen LogP contribution in [-0.2, 0) is 24.3 Å². The van der Waals surface area contributed by atoms with Gasteiger partial charge in [0.05, 0.1) is 29.9 Å². The minimum absolute atomic E-state index is 0.0425. The molecule has 10 heteroatoms. The fourth-order valence-electron chi connectivity index (χ4n) is 4.36. The van der Waals surface area contributed by atoms with Crippen molar-refractivity contribution in [2.24, 2.45) is 0 Å². The summed E-state index contributed by atoms with van der Waals surface area (Å²) in [5.74, 6) is -0.175. The van der Waals surface area contributed by atoms with Crippen LogP contribution in [-0.4, -0.2) is 17.3 Å². The van der Waals surface area contributed by atoms with Crippen molar-refractivity contribution in [3.05, 3.63) is 58.7 Å². The Bertz CT molecular complexity index is 901. The Morgan fingerprint density at radius 3 is 1.44 bits per heavy atom. The molecule has 0 atom stereocenters. The molecule has 0 heterocycles. The van der Waals surface area contributed by atoms with Crippen LogP contribution in [0.3, 0.4) is 0 Å². The molecule has 2 aliphatic carbocycles. The summed E-state index contributed by atoms with van der Waals surface area (Å²) in [4.78, 5) is 0. The van der Waals surface area contributed by atoms with Gasteiger partial charge in [0.25, 0.3) is 0 Å². The second kappa shape index (κ2) is 12.5. The van der Waals surface area contributed by atoms with Gasteiger partial charge in [-0.25, -0.2) is 0 Å². The fourth-order valence-corrected chi connectivity index (χ4v) is 4.70. The molecule has 2 aromatic rings. The molecule has 36 heavy (non-hydrogen) atoms. The molecule has 2 fully saturated rings. The van der Waals surface area contributed by atoms with Crippen molar-refractivity contribution in [2.45, 2.75) is 87.9 Å². The number of ether oxygens (including phenoxy) is 2. The largest absolute Gasteiger partial charge is 0.490 e. The third kappa shape index (κ3) is 8.03. The summed E-state index contributed by atoms with van der Waals surface area (Å²) in [5, 5.41) is 9.30. The van der Waals surface area contributed by atoms with Crippen molar-refractivity contribution < 1.29 is 40.9 Å². The summed E-state index contributed by atoms with van der Waals surface area (Å²) in [6.07, 6.45) is -1.65. The van der Waals surface area contributed by atoms with Crippen molar-refractivity contribution in [3.63, 3.8) is 0 Å². The van der Waals surface area contributed by atoms with Gasteiger partial charge in [-0.05, 0) is 86.8 Å². The molecule has 0 unspecified atom stereocenters. The van der Waals surface area contributed by atoms with Crippen LogP contribution in [0, 0.1) is 0 Å². The van der Waals surface area contributed by atoms with Crippen LogP contribution >= 0.6 is 15.9 Å². The molecule has 0 aliphatic heterocycles. The molecule has 0 radical (unpaired) electrons. The standard InChI is InChI=1S/C13H14BrF3O.C13H15F3O2/c14-8-9-5-6-12(11(7-9)13(15,16)17)18-10-3-1-2-4-10;14-13(15,16)11-7-9(8-17)5-6-12(11)18-10-3-1-2-4-10/h5-7,10H,1-4,8H2;5-7,10,17H,1-4,8H2. The van der Waals surface area contributed by atoms with Gasteiger partial charge in [-0.1, -0.05) is 28.1 Å². The lowest BCUT2D eigenvalue weighted by molar-refractivity contribution is -0.140. The van der Waals surface area contributed by atoms with Crippen LogP contribution in [0.2, 0.25) is 0 Å². The molecular formula is C26H29BrF6O3. The molecule has 0 spiro atoms. The number of hydrogen-bond acceptors (Lipinski definition) is 3. The van der Waals surface area contributed by atoms with Gasteiger partial charge in [0.2, 0.25) is 0 Å². The molecule has 2 aliphatic rings. The number of benzene rings is 2. The molecule has 4 rings (SSSR count). The molecule has 2 saturated carbocycles. The first-order valence-electron chi connectivity index (χ1n) is 11.9. The van der Waals surface area contributed by atoms with Crippen molar-refractivity contribution in [1.82, 2.24) is 0 Å². The second-order valence-corrected chi connectivity index (χ2v) is 9.56. The van der Waals surface area contributed by atoms with E-state index in [4.69, 9.17) is 14.6 Å². The lowest BCUT2D eigenvalue weighted by Crippen LogP contribution is -2.15. The van der Waals surface area contributed by atoms with E-state index in [1.54, 1.807) is 6.07 Å². The monoisotopic (exact) mass is 582 g/mol. The first-order chi connectivity index (χ1) is 17.0. The number of rotatable bonds is 6. The smallest absolute Gasteiger partial charge is 0.419 e. The lowest BCUT2D eigenvalue weighted by Gasteiger charge is -2.18. The SMILES string of the molecule is FC(F)(F)c1cc(CBr)ccc1OC1CCCC1.OCc1ccc(OC2CCCC2)c(C(F)(F)F)c1. The molecule has 0 aromatic heterocycles. The van der Waals surface area contributed by atoms with E-state index in [1.807, 2.05) is 0 Å². The van der Waals surface area contributed by atoms with E-state index in [0.717, 1.165) is 63.5 Å². The van der Waals surface area contributed by atoms with E-state index in [-0.39, 0.29) is 29.3 Å². The van der Waals surface area contributed by atoms with Gasteiger partial charge in [-0.15, -0.1) is 0 Å². The first kappa shape index (κ1) is 28.6. The predicted octanol–water partition coefficient (Wildman–Crippen LogP) is 8.44. The molecule has 200 valence electrons. The third-order valence-electron chi connectivity index (χ3n) is 6.23. The Balaban J connectivity index is 0.000000201. The molecule has 2 aromatic carbocycles. The maximum absolute atomic E-state index is 12.9. The summed E-state index contributed by atoms with van der Waals surface area (Å²) in [7, 11) is 0. The fraction of sp³-hybridized carbons (Fsp3) is 0.538. The lowest BCUT2D eigenvalue weighted by atomic mass is 10.1. The molecule has 3 nitrogen and oxygen atoms in total. The number of hydrogen-bond donors (Lipinski definition) is 1. The van der Waals surface area contributed by atoms with Crippen LogP contribution in [0.15, 0.2) is 36.4 Å². The summed E-state index contributed by atoms with van der Waals surface area (Å²) in [5.41, 5.74) is -0.644. The van der Waals surface area contributed by atoms with E-state index in [0.29, 0.717) is 10.9 Å². The first-order valence-corrected chi connectivity index (χ1v) is 13.0. The highest BCUT2D eigenvalue weighted by atomic mass is 79.9. The number of halogens is 7. The number of aliphatic hydroxyl groups is 1. The van der Waals surface area contributed by atoms with E-state index in [2.05, 4.69) is 15.9 Å². The van der Waals surface area contributed by atoms with Gasteiger partial charge in [0.15, 0.2) is 0 Å². The van der Waals surface area contributed by atoms with Gasteiger partial charge >= 0.3 is 12.4 Å². The maximum Gasteiger partial charge on any atom is 0.419 e. The van der Waals surface area contributed by atoms with Gasteiger partial charge in [0.1, 0.15) is 11.5 Å². The van der Waals surface area contributed by atoms with Crippen LogP contribution in [0.1, 0.15) is 73.6 Å². The van der Waals surface area contributed by atoms with Gasteiger partial charge in [0, 0.05) is 5.33 Å². The summed E-state index contributed by atoms with van der Waals surface area (Å²) >= 11 is 3.16. The van der Waals surface area contributed by atoms with E-state index in [1.165, 1.54) is 18.2 Å². The Hall–Kier alpha value is -1.94. The predicted molar refractivity (Wildman–Crippen MR) is 127 cm³/mol. The summed E-state index contributed by atoms with van der Waals surface area (Å²) in [6, 6.07) is 7.95. The minimum atomic E-state index is -4.46. The van der Waals surface area contributed by atoms with Gasteiger partial charge in [-0.3, -0.25) is 0 Å². The van der Waals surface area contributed by atoms with Crippen LogP contribution < -0.4 is 9.47 Å². The molecule has 0 bridgehead atoms. The van der Waals surface area contributed by atoms with Gasteiger partial charge in [-0.2, -0.15) is 26.3 Å². The normalized spacial score (nSPS) is 17.1. The Kier molecular flexibility index (Phi) is 9.97. The zero-order valence-corrected chi connectivity index (χ0v) is 21.2. The Morgan fingerprint density at radius 2 is 1.08 bits per heavy atom. The van der Waals surface area contributed by atoms with Crippen LogP contribution in [0.4, 0.5) is 26.3 Å². The highest BCUT2D eigenvalue weighted by molar-refractivity contribution is 9.08. The molecular weight excluding hydrogens is 554 g/mol. The second-order valence-electron chi connectivity index (χ2n) is 9.00. The van der Waals surface area contributed by atoms with Gasteiger partial charge < -0.3 is 14.6 Å². The maximum atomic E-state index is 12.9. The van der Waals surface area contributed by atoms with Crippen molar-refractivity contribution in [3.8, 4) is 11.5 Å². The van der Waals surface area contributed by atoms with Crippen molar-refractivity contribution in [1.29, 1.82) is 0 Å². The number of alkyl halides is 7. The quantitative estimate of drug-likeness (QED) is 0.274. The van der Waals surface area contributed by atoms with Crippen molar-refractivity contribution in [2.75, 3.05) is 0 Å². The molecule has 0 saturated heterocycles. The third-order valence-corrected chi connectivity index (χ3v) is 6.87. The van der Waals surface area contributed by atoms with Crippen LogP contribution in [0.25, 0.3) is 0 Å². The average Bonchev–Trinajstić information content (AvgIpc) is 3.53. The molecule has 0 amide bonds. The van der Waals surface area contributed by atoms with E-state index >= 15 is 0 Å². The van der Waals surface area contributed by atoms with Crippen molar-refractivity contribution >= 4 is 15.9 Å². The zero-order chi connectivity index (χ0) is 26.3. The topological polar surface area (TPSA) is 38.7 Å². The number of aliphatic hydroxyl groups excluding tert-OH is 1. The Labute approximate surface area is 214 Å². The summed E-state index contributed by atoms with van der Waals surface area (Å²) in [6.45, 7) is -0.410. The van der Waals surface area contributed by atoms with Crippen LogP contribution in [0.5, 0.6) is 11.5 Å². The zero-order valence-electron chi connectivity index (χ0n) is 19.6.